The van der Waals surface area contributed by atoms with Crippen LogP contribution < -0.4 is 10.6 Å². The third-order valence-electron chi connectivity index (χ3n) is 3.81. The van der Waals surface area contributed by atoms with Gasteiger partial charge in [0.05, 0.1) is 0 Å². The summed E-state index contributed by atoms with van der Waals surface area (Å²) >= 11 is 0. The number of alkyl halides is 3. The zero-order valence-corrected chi connectivity index (χ0v) is 14.3. The van der Waals surface area contributed by atoms with Crippen molar-refractivity contribution in [3.05, 3.63) is 0 Å². The zero-order chi connectivity index (χ0) is 17.5. The number of unbranched alkanes of at least 4 members (excludes halogenated alkanes) is 1. The van der Waals surface area contributed by atoms with Gasteiger partial charge in [0.15, 0.2) is 5.96 Å². The molecule has 0 saturated carbocycles. The summed E-state index contributed by atoms with van der Waals surface area (Å²) in [5, 5.41) is 6.28. The first-order valence-electron chi connectivity index (χ1n) is 7.73. The molecule has 0 atom stereocenters. The highest BCUT2D eigenvalue weighted by Crippen LogP contribution is 2.30. The molecule has 1 rings (SSSR count). The van der Waals surface area contributed by atoms with Crippen molar-refractivity contribution in [1.82, 2.24) is 14.9 Å². The van der Waals surface area contributed by atoms with Gasteiger partial charge in [0, 0.05) is 33.2 Å². The van der Waals surface area contributed by atoms with Crippen molar-refractivity contribution in [2.45, 2.75) is 38.1 Å². The molecule has 1 heterocycles. The van der Waals surface area contributed by atoms with Crippen molar-refractivity contribution in [2.75, 3.05) is 33.2 Å². The predicted molar refractivity (Wildman–Crippen MR) is 83.5 cm³/mol. The van der Waals surface area contributed by atoms with Gasteiger partial charge in [-0.3, -0.25) is 4.99 Å². The van der Waals surface area contributed by atoms with Crippen LogP contribution in [0, 0.1) is 5.92 Å². The SMILES string of the molecule is CCCCNC(=NC)NCC1CCN(S(=O)(=O)C(F)(F)F)CC1. The third kappa shape index (κ3) is 5.83. The number of sulfonamides is 1. The Bertz CT molecular complexity index is 486. The van der Waals surface area contributed by atoms with E-state index in [0.29, 0.717) is 29.7 Å². The summed E-state index contributed by atoms with van der Waals surface area (Å²) in [6.07, 6.45) is 2.88. The second-order valence-corrected chi connectivity index (χ2v) is 7.46. The Morgan fingerprint density at radius 3 is 2.35 bits per heavy atom. The lowest BCUT2D eigenvalue weighted by Crippen LogP contribution is -2.47. The Balaban J connectivity index is 2.40. The smallest absolute Gasteiger partial charge is 0.356 e. The van der Waals surface area contributed by atoms with E-state index in [1.54, 1.807) is 7.05 Å². The molecule has 0 unspecified atom stereocenters. The first-order valence-corrected chi connectivity index (χ1v) is 9.17. The first-order chi connectivity index (χ1) is 10.7. The average molecular weight is 358 g/mol. The van der Waals surface area contributed by atoms with Gasteiger partial charge in [-0.2, -0.15) is 17.5 Å². The van der Waals surface area contributed by atoms with Crippen LogP contribution in [-0.4, -0.2) is 57.4 Å². The molecule has 0 spiro atoms. The monoisotopic (exact) mass is 358 g/mol. The first kappa shape index (κ1) is 20.0. The van der Waals surface area contributed by atoms with Gasteiger partial charge in [-0.05, 0) is 25.2 Å². The minimum absolute atomic E-state index is 0.101. The van der Waals surface area contributed by atoms with E-state index >= 15 is 0 Å². The lowest BCUT2D eigenvalue weighted by molar-refractivity contribution is -0.0496. The minimum Gasteiger partial charge on any atom is -0.356 e. The van der Waals surface area contributed by atoms with Crippen LogP contribution in [0.5, 0.6) is 0 Å². The van der Waals surface area contributed by atoms with Crippen molar-refractivity contribution < 1.29 is 21.6 Å². The van der Waals surface area contributed by atoms with Gasteiger partial charge in [0.1, 0.15) is 0 Å². The zero-order valence-electron chi connectivity index (χ0n) is 13.5. The maximum Gasteiger partial charge on any atom is 0.511 e. The molecule has 0 aliphatic carbocycles. The number of nitrogens with one attached hydrogen (secondary N) is 2. The van der Waals surface area contributed by atoms with E-state index in [-0.39, 0.29) is 19.0 Å². The number of rotatable bonds is 6. The van der Waals surface area contributed by atoms with E-state index in [0.717, 1.165) is 19.4 Å². The Morgan fingerprint density at radius 1 is 1.26 bits per heavy atom. The van der Waals surface area contributed by atoms with Gasteiger partial charge in [0.2, 0.25) is 0 Å². The molecule has 136 valence electrons. The summed E-state index contributed by atoms with van der Waals surface area (Å²) in [5.41, 5.74) is -5.22. The predicted octanol–water partition coefficient (Wildman–Crippen LogP) is 1.51. The molecule has 6 nitrogen and oxygen atoms in total. The molecule has 23 heavy (non-hydrogen) atoms. The highest BCUT2D eigenvalue weighted by Gasteiger charge is 2.50. The number of nitrogens with zero attached hydrogens (tertiary/aromatic N) is 2. The average Bonchev–Trinajstić information content (AvgIpc) is 2.50. The summed E-state index contributed by atoms with van der Waals surface area (Å²) in [5.74, 6) is 0.781. The Hall–Kier alpha value is -1.03. The Kier molecular flexibility index (Phi) is 7.59. The van der Waals surface area contributed by atoms with Crippen LogP contribution in [0.1, 0.15) is 32.6 Å². The van der Waals surface area contributed by atoms with Crippen LogP contribution >= 0.6 is 0 Å². The summed E-state index contributed by atoms with van der Waals surface area (Å²) in [4.78, 5) is 4.07. The van der Waals surface area contributed by atoms with E-state index < -0.39 is 15.5 Å². The van der Waals surface area contributed by atoms with Crippen LogP contribution in [0.15, 0.2) is 4.99 Å². The Morgan fingerprint density at radius 2 is 1.87 bits per heavy atom. The van der Waals surface area contributed by atoms with Crippen LogP contribution in [0.3, 0.4) is 0 Å². The van der Waals surface area contributed by atoms with Gasteiger partial charge in [-0.15, -0.1) is 0 Å². The fourth-order valence-electron chi connectivity index (χ4n) is 2.35. The van der Waals surface area contributed by atoms with Gasteiger partial charge in [-0.25, -0.2) is 8.42 Å². The van der Waals surface area contributed by atoms with Crippen molar-refractivity contribution in [3.8, 4) is 0 Å². The molecule has 0 aromatic heterocycles. The molecule has 0 bridgehead atoms. The van der Waals surface area contributed by atoms with E-state index in [4.69, 9.17) is 0 Å². The third-order valence-corrected chi connectivity index (χ3v) is 5.44. The van der Waals surface area contributed by atoms with Crippen LogP contribution in [-0.2, 0) is 10.0 Å². The molecular formula is C13H25F3N4O2S. The number of hydrogen-bond donors (Lipinski definition) is 2. The van der Waals surface area contributed by atoms with Crippen molar-refractivity contribution in [3.63, 3.8) is 0 Å². The molecule has 1 saturated heterocycles. The van der Waals surface area contributed by atoms with Gasteiger partial charge >= 0.3 is 15.5 Å². The fraction of sp³-hybridized carbons (Fsp3) is 0.923. The van der Waals surface area contributed by atoms with E-state index in [1.165, 1.54) is 0 Å². The van der Waals surface area contributed by atoms with Crippen LogP contribution in [0.25, 0.3) is 0 Å². The van der Waals surface area contributed by atoms with Crippen LogP contribution in [0.4, 0.5) is 13.2 Å². The van der Waals surface area contributed by atoms with Crippen molar-refractivity contribution in [1.29, 1.82) is 0 Å². The normalized spacial score (nSPS) is 18.9. The maximum atomic E-state index is 12.5. The molecular weight excluding hydrogens is 333 g/mol. The molecule has 1 aliphatic heterocycles. The second-order valence-electron chi connectivity index (χ2n) is 5.53. The molecule has 1 aliphatic rings. The topological polar surface area (TPSA) is 73.8 Å². The molecule has 0 aromatic rings. The number of guanidine groups is 1. The lowest BCUT2D eigenvalue weighted by atomic mass is 9.98. The largest absolute Gasteiger partial charge is 0.511 e. The maximum absolute atomic E-state index is 12.5. The number of piperidine rings is 1. The summed E-state index contributed by atoms with van der Waals surface area (Å²) in [6.45, 7) is 3.25. The molecule has 1 fully saturated rings. The summed E-state index contributed by atoms with van der Waals surface area (Å²) in [6, 6.07) is 0. The second kappa shape index (κ2) is 8.72. The van der Waals surface area contributed by atoms with Crippen molar-refractivity contribution in [2.24, 2.45) is 10.9 Å². The summed E-state index contributed by atoms with van der Waals surface area (Å²) in [7, 11) is -3.54. The number of halogens is 3. The molecule has 2 N–H and O–H groups in total. The standard InChI is InChI=1S/C13H25F3N4O2S/c1-3-4-7-18-12(17-2)19-10-11-5-8-20(9-6-11)23(21,22)13(14,15)16/h11H,3-10H2,1-2H3,(H2,17,18,19). The lowest BCUT2D eigenvalue weighted by Gasteiger charge is -2.31. The van der Waals surface area contributed by atoms with Crippen molar-refractivity contribution >= 4 is 16.0 Å². The highest BCUT2D eigenvalue weighted by molar-refractivity contribution is 7.90. The van der Waals surface area contributed by atoms with Crippen LogP contribution in [0.2, 0.25) is 0 Å². The quantitative estimate of drug-likeness (QED) is 0.429. The molecule has 0 amide bonds. The van der Waals surface area contributed by atoms with E-state index in [2.05, 4.69) is 22.5 Å². The van der Waals surface area contributed by atoms with E-state index in [1.807, 2.05) is 0 Å². The summed E-state index contributed by atoms with van der Waals surface area (Å²) < 4.78 is 60.7. The van der Waals surface area contributed by atoms with Gasteiger partial charge < -0.3 is 10.6 Å². The van der Waals surface area contributed by atoms with Gasteiger partial charge in [-0.1, -0.05) is 13.3 Å². The minimum atomic E-state index is -5.22. The van der Waals surface area contributed by atoms with E-state index in [9.17, 15) is 21.6 Å². The number of hydrogen-bond acceptors (Lipinski definition) is 3. The Labute approximate surface area is 135 Å². The molecule has 0 radical (unpaired) electrons. The molecule has 0 aromatic carbocycles. The van der Waals surface area contributed by atoms with Gasteiger partial charge in [0.25, 0.3) is 0 Å². The number of aliphatic imine (C=N–C) groups is 1. The highest BCUT2D eigenvalue weighted by atomic mass is 32.2. The molecule has 10 heteroatoms. The fourth-order valence-corrected chi connectivity index (χ4v) is 3.33.